The van der Waals surface area contributed by atoms with Crippen molar-refractivity contribution >= 4 is 23.2 Å². The number of hydrogen-bond acceptors (Lipinski definition) is 1. The van der Waals surface area contributed by atoms with E-state index in [0.717, 1.165) is 6.54 Å². The fourth-order valence-corrected chi connectivity index (χ4v) is 3.18. The fraction of sp³-hybridized carbons (Fsp3) is 0.294. The van der Waals surface area contributed by atoms with Crippen molar-refractivity contribution < 1.29 is 0 Å². The number of rotatable bonds is 3. The molecule has 0 bridgehead atoms. The standard InChI is InChI=1S/C17H17Cl2N/c18-15-9-8-12(10-16(15)19)11-20-17-7-3-5-13-4-1-2-6-14(13)17/h1-2,4,6,8-10,17,20H,3,5,7,11H2/t17-/m0/s1. The van der Waals surface area contributed by atoms with Gasteiger partial charge in [0.2, 0.25) is 0 Å². The van der Waals surface area contributed by atoms with Gasteiger partial charge < -0.3 is 5.32 Å². The second-order valence-corrected chi connectivity index (χ2v) is 6.09. The Morgan fingerprint density at radius 1 is 1.05 bits per heavy atom. The zero-order valence-corrected chi connectivity index (χ0v) is 12.7. The van der Waals surface area contributed by atoms with Crippen molar-refractivity contribution in [2.75, 3.05) is 0 Å². The minimum Gasteiger partial charge on any atom is -0.306 e. The van der Waals surface area contributed by atoms with Crippen LogP contribution < -0.4 is 5.32 Å². The van der Waals surface area contributed by atoms with E-state index in [0.29, 0.717) is 16.1 Å². The average Bonchev–Trinajstić information content (AvgIpc) is 2.48. The van der Waals surface area contributed by atoms with Crippen LogP contribution >= 0.6 is 23.2 Å². The molecule has 2 aromatic rings. The first-order valence-corrected chi connectivity index (χ1v) is 7.75. The maximum Gasteiger partial charge on any atom is 0.0595 e. The SMILES string of the molecule is Clc1ccc(CN[C@H]2CCCc3ccccc32)cc1Cl. The first kappa shape index (κ1) is 13.9. The van der Waals surface area contributed by atoms with Crippen LogP contribution in [0.2, 0.25) is 10.0 Å². The van der Waals surface area contributed by atoms with Crippen molar-refractivity contribution in [3.63, 3.8) is 0 Å². The van der Waals surface area contributed by atoms with E-state index in [9.17, 15) is 0 Å². The van der Waals surface area contributed by atoms with Gasteiger partial charge in [-0.25, -0.2) is 0 Å². The van der Waals surface area contributed by atoms with Gasteiger partial charge in [0.25, 0.3) is 0 Å². The Bertz CT molecular complexity index is 610. The van der Waals surface area contributed by atoms with Crippen LogP contribution in [0.5, 0.6) is 0 Å². The lowest BCUT2D eigenvalue weighted by atomic mass is 9.87. The summed E-state index contributed by atoms with van der Waals surface area (Å²) in [5, 5.41) is 4.87. The van der Waals surface area contributed by atoms with E-state index >= 15 is 0 Å². The molecule has 1 aliphatic carbocycles. The molecule has 1 atom stereocenters. The predicted molar refractivity (Wildman–Crippen MR) is 85.4 cm³/mol. The third kappa shape index (κ3) is 3.01. The quantitative estimate of drug-likeness (QED) is 0.826. The first-order chi connectivity index (χ1) is 9.74. The molecule has 3 rings (SSSR count). The molecule has 0 amide bonds. The van der Waals surface area contributed by atoms with E-state index < -0.39 is 0 Å². The molecule has 1 nitrogen and oxygen atoms in total. The summed E-state index contributed by atoms with van der Waals surface area (Å²) < 4.78 is 0. The zero-order chi connectivity index (χ0) is 13.9. The van der Waals surface area contributed by atoms with Crippen LogP contribution in [-0.2, 0) is 13.0 Å². The van der Waals surface area contributed by atoms with Gasteiger partial charge in [0.15, 0.2) is 0 Å². The lowest BCUT2D eigenvalue weighted by molar-refractivity contribution is 0.459. The summed E-state index contributed by atoms with van der Waals surface area (Å²) in [6.45, 7) is 0.815. The molecule has 3 heteroatoms. The first-order valence-electron chi connectivity index (χ1n) is 6.99. The highest BCUT2D eigenvalue weighted by molar-refractivity contribution is 6.42. The number of aryl methyl sites for hydroxylation is 1. The molecule has 104 valence electrons. The normalized spacial score (nSPS) is 17.8. The van der Waals surface area contributed by atoms with E-state index in [1.807, 2.05) is 18.2 Å². The monoisotopic (exact) mass is 305 g/mol. The second-order valence-electron chi connectivity index (χ2n) is 5.27. The van der Waals surface area contributed by atoms with Crippen LogP contribution in [-0.4, -0.2) is 0 Å². The number of halogens is 2. The van der Waals surface area contributed by atoms with Gasteiger partial charge in [-0.1, -0.05) is 53.5 Å². The topological polar surface area (TPSA) is 12.0 Å². The molecule has 0 fully saturated rings. The highest BCUT2D eigenvalue weighted by Gasteiger charge is 2.18. The Balaban J connectivity index is 1.71. The smallest absolute Gasteiger partial charge is 0.0595 e. The minimum absolute atomic E-state index is 0.439. The summed E-state index contributed by atoms with van der Waals surface area (Å²) in [5.74, 6) is 0. The lowest BCUT2D eigenvalue weighted by Crippen LogP contribution is -2.24. The van der Waals surface area contributed by atoms with Crippen molar-refractivity contribution in [2.45, 2.75) is 31.8 Å². The van der Waals surface area contributed by atoms with Gasteiger partial charge in [-0.15, -0.1) is 0 Å². The molecule has 0 saturated heterocycles. The maximum absolute atomic E-state index is 6.06. The minimum atomic E-state index is 0.439. The summed E-state index contributed by atoms with van der Waals surface area (Å²) in [5.41, 5.74) is 4.09. The van der Waals surface area contributed by atoms with Crippen molar-refractivity contribution in [3.05, 3.63) is 69.2 Å². The molecular weight excluding hydrogens is 289 g/mol. The van der Waals surface area contributed by atoms with Crippen LogP contribution in [0.15, 0.2) is 42.5 Å². The van der Waals surface area contributed by atoms with Crippen LogP contribution in [0.1, 0.15) is 35.6 Å². The second kappa shape index (κ2) is 6.17. The Labute approximate surface area is 129 Å². The molecule has 0 saturated carbocycles. The molecule has 1 aliphatic rings. The van der Waals surface area contributed by atoms with E-state index in [1.54, 1.807) is 0 Å². The number of hydrogen-bond donors (Lipinski definition) is 1. The van der Waals surface area contributed by atoms with Gasteiger partial charge in [0, 0.05) is 12.6 Å². The third-order valence-electron chi connectivity index (χ3n) is 3.91. The summed E-state index contributed by atoms with van der Waals surface area (Å²) >= 11 is 12.0. The molecule has 0 aromatic heterocycles. The summed E-state index contributed by atoms with van der Waals surface area (Å²) in [6, 6.07) is 15.0. The zero-order valence-electron chi connectivity index (χ0n) is 11.2. The highest BCUT2D eigenvalue weighted by Crippen LogP contribution is 2.30. The van der Waals surface area contributed by atoms with Gasteiger partial charge >= 0.3 is 0 Å². The van der Waals surface area contributed by atoms with Gasteiger partial charge in [-0.05, 0) is 48.1 Å². The maximum atomic E-state index is 6.06. The van der Waals surface area contributed by atoms with Crippen molar-refractivity contribution in [3.8, 4) is 0 Å². The van der Waals surface area contributed by atoms with E-state index in [2.05, 4.69) is 29.6 Å². The van der Waals surface area contributed by atoms with Crippen LogP contribution in [0.4, 0.5) is 0 Å². The third-order valence-corrected chi connectivity index (χ3v) is 4.65. The molecule has 2 aromatic carbocycles. The molecule has 0 spiro atoms. The Morgan fingerprint density at radius 2 is 1.90 bits per heavy atom. The van der Waals surface area contributed by atoms with E-state index in [1.165, 1.54) is 36.0 Å². The molecular formula is C17H17Cl2N. The Hall–Kier alpha value is -1.02. The molecule has 1 N–H and O–H groups in total. The molecule has 0 radical (unpaired) electrons. The van der Waals surface area contributed by atoms with Crippen molar-refractivity contribution in [1.29, 1.82) is 0 Å². The van der Waals surface area contributed by atoms with Gasteiger partial charge in [-0.2, -0.15) is 0 Å². The molecule has 0 unspecified atom stereocenters. The summed E-state index contributed by atoms with van der Waals surface area (Å²) in [4.78, 5) is 0. The van der Waals surface area contributed by atoms with Gasteiger partial charge in [0.05, 0.1) is 10.0 Å². The van der Waals surface area contributed by atoms with Crippen LogP contribution in [0, 0.1) is 0 Å². The molecule has 0 heterocycles. The summed E-state index contributed by atoms with van der Waals surface area (Å²) in [6.07, 6.45) is 3.63. The highest BCUT2D eigenvalue weighted by atomic mass is 35.5. The number of fused-ring (bicyclic) bond motifs is 1. The Morgan fingerprint density at radius 3 is 2.75 bits per heavy atom. The van der Waals surface area contributed by atoms with E-state index in [-0.39, 0.29) is 0 Å². The van der Waals surface area contributed by atoms with Crippen molar-refractivity contribution in [2.24, 2.45) is 0 Å². The summed E-state index contributed by atoms with van der Waals surface area (Å²) in [7, 11) is 0. The molecule has 20 heavy (non-hydrogen) atoms. The predicted octanol–water partition coefficient (Wildman–Crippen LogP) is 5.16. The van der Waals surface area contributed by atoms with Crippen molar-refractivity contribution in [1.82, 2.24) is 5.32 Å². The average molecular weight is 306 g/mol. The van der Waals surface area contributed by atoms with E-state index in [4.69, 9.17) is 23.2 Å². The van der Waals surface area contributed by atoms with Crippen LogP contribution in [0.25, 0.3) is 0 Å². The van der Waals surface area contributed by atoms with Gasteiger partial charge in [-0.3, -0.25) is 0 Å². The largest absolute Gasteiger partial charge is 0.306 e. The fourth-order valence-electron chi connectivity index (χ4n) is 2.86. The van der Waals surface area contributed by atoms with Crippen LogP contribution in [0.3, 0.4) is 0 Å². The number of benzene rings is 2. The molecule has 0 aliphatic heterocycles. The Kier molecular flexibility index (Phi) is 4.30. The lowest BCUT2D eigenvalue weighted by Gasteiger charge is -2.26. The number of nitrogens with one attached hydrogen (secondary N) is 1. The van der Waals surface area contributed by atoms with Gasteiger partial charge in [0.1, 0.15) is 0 Å².